The van der Waals surface area contributed by atoms with Gasteiger partial charge in [-0.25, -0.2) is 4.98 Å². The molecule has 0 saturated carbocycles. The van der Waals surface area contributed by atoms with Crippen LogP contribution in [0.25, 0.3) is 5.82 Å². The maximum atomic E-state index is 8.75. The third-order valence-electron chi connectivity index (χ3n) is 2.40. The Balaban J connectivity index is 2.52. The largest absolute Gasteiger partial charge is 0.490 e. The maximum absolute atomic E-state index is 8.75. The van der Waals surface area contributed by atoms with E-state index >= 15 is 0 Å². The number of nitrogens with zero attached hydrogens (tertiary/aromatic N) is 3. The third kappa shape index (κ3) is 2.13. The number of hydrogen-bond donors (Lipinski definition) is 2. The average Bonchev–Trinajstić information content (AvgIpc) is 2.88. The highest BCUT2D eigenvalue weighted by Gasteiger charge is 2.12. The highest BCUT2D eigenvalue weighted by atomic mass is 16.5. The van der Waals surface area contributed by atoms with Gasteiger partial charge in [0.25, 0.3) is 0 Å². The molecular formula is C12H14N4O2. The fraction of sp³-hybridized carbons (Fsp3) is 0.167. The summed E-state index contributed by atoms with van der Waals surface area (Å²) in [6, 6.07) is 7.14. The van der Waals surface area contributed by atoms with Crippen LogP contribution in [-0.2, 0) is 0 Å². The van der Waals surface area contributed by atoms with E-state index in [1.807, 2.05) is 13.0 Å². The van der Waals surface area contributed by atoms with E-state index in [4.69, 9.17) is 15.7 Å². The Hall–Kier alpha value is -2.50. The summed E-state index contributed by atoms with van der Waals surface area (Å²) in [4.78, 5) is 4.26. The topological polar surface area (TPSA) is 85.7 Å². The summed E-state index contributed by atoms with van der Waals surface area (Å²) in [5.74, 6) is 1.27. The van der Waals surface area contributed by atoms with Gasteiger partial charge in [-0.2, -0.15) is 0 Å². The first-order valence-corrected chi connectivity index (χ1v) is 5.51. The van der Waals surface area contributed by atoms with Crippen LogP contribution >= 0.6 is 0 Å². The highest BCUT2D eigenvalue weighted by molar-refractivity contribution is 5.96. The van der Waals surface area contributed by atoms with Crippen LogP contribution in [0.3, 0.4) is 0 Å². The zero-order valence-corrected chi connectivity index (χ0v) is 9.95. The molecule has 2 aromatic heterocycles. The molecule has 0 aromatic carbocycles. The average molecular weight is 246 g/mol. The molecule has 18 heavy (non-hydrogen) atoms. The molecule has 0 bridgehead atoms. The van der Waals surface area contributed by atoms with E-state index < -0.39 is 0 Å². The van der Waals surface area contributed by atoms with E-state index in [9.17, 15) is 0 Å². The van der Waals surface area contributed by atoms with Crippen molar-refractivity contribution in [3.63, 3.8) is 0 Å². The van der Waals surface area contributed by atoms with Gasteiger partial charge in [0.2, 0.25) is 0 Å². The lowest BCUT2D eigenvalue weighted by Gasteiger charge is -2.12. The van der Waals surface area contributed by atoms with Crippen molar-refractivity contribution in [3.8, 4) is 11.6 Å². The van der Waals surface area contributed by atoms with Crippen molar-refractivity contribution in [2.45, 2.75) is 6.92 Å². The fourth-order valence-electron chi connectivity index (χ4n) is 1.66. The van der Waals surface area contributed by atoms with E-state index in [0.29, 0.717) is 23.9 Å². The lowest BCUT2D eigenvalue weighted by molar-refractivity contribution is 0.318. The molecule has 2 heterocycles. The summed E-state index contributed by atoms with van der Waals surface area (Å²) in [5, 5.41) is 11.7. The first kappa shape index (κ1) is 12.0. The number of ether oxygens (including phenoxy) is 1. The van der Waals surface area contributed by atoms with Crippen LogP contribution in [-0.4, -0.2) is 27.2 Å². The van der Waals surface area contributed by atoms with Gasteiger partial charge in [0.1, 0.15) is 0 Å². The van der Waals surface area contributed by atoms with Gasteiger partial charge < -0.3 is 15.7 Å². The lowest BCUT2D eigenvalue weighted by atomic mass is 10.3. The molecule has 94 valence electrons. The van der Waals surface area contributed by atoms with Crippen LogP contribution in [0.4, 0.5) is 0 Å². The smallest absolute Gasteiger partial charge is 0.187 e. The summed E-state index contributed by atoms with van der Waals surface area (Å²) < 4.78 is 7.21. The van der Waals surface area contributed by atoms with Crippen molar-refractivity contribution in [3.05, 3.63) is 42.4 Å². The number of hydrogen-bond acceptors (Lipinski definition) is 4. The van der Waals surface area contributed by atoms with Gasteiger partial charge in [0.05, 0.1) is 12.3 Å². The predicted molar refractivity (Wildman–Crippen MR) is 67.2 cm³/mol. The molecule has 0 fully saturated rings. The predicted octanol–water partition coefficient (Wildman–Crippen LogP) is 1.37. The molecule has 6 nitrogen and oxygen atoms in total. The Kier molecular flexibility index (Phi) is 3.47. The summed E-state index contributed by atoms with van der Waals surface area (Å²) >= 11 is 0. The van der Waals surface area contributed by atoms with Crippen LogP contribution in [0.1, 0.15) is 12.6 Å². The van der Waals surface area contributed by atoms with Gasteiger partial charge in [-0.15, -0.1) is 0 Å². The van der Waals surface area contributed by atoms with Gasteiger partial charge >= 0.3 is 0 Å². The van der Waals surface area contributed by atoms with Gasteiger partial charge in [0, 0.05) is 12.4 Å². The highest BCUT2D eigenvalue weighted by Crippen LogP contribution is 2.21. The van der Waals surface area contributed by atoms with Gasteiger partial charge in [-0.1, -0.05) is 5.16 Å². The summed E-state index contributed by atoms with van der Waals surface area (Å²) in [7, 11) is 0. The molecule has 0 amide bonds. The molecule has 0 aliphatic heterocycles. The molecule has 0 aliphatic rings. The monoisotopic (exact) mass is 246 g/mol. The van der Waals surface area contributed by atoms with E-state index in [-0.39, 0.29) is 5.84 Å². The molecule has 6 heteroatoms. The van der Waals surface area contributed by atoms with Gasteiger partial charge in [0.15, 0.2) is 17.4 Å². The minimum absolute atomic E-state index is 0.0214. The molecule has 0 aliphatic carbocycles. The summed E-state index contributed by atoms with van der Waals surface area (Å²) in [6.07, 6.45) is 3.44. The minimum atomic E-state index is 0.0214. The van der Waals surface area contributed by atoms with Crippen LogP contribution in [0, 0.1) is 0 Å². The Morgan fingerprint density at radius 2 is 2.33 bits per heavy atom. The first-order chi connectivity index (χ1) is 8.77. The Bertz CT molecular complexity index is 563. The molecule has 2 rings (SSSR count). The normalized spacial score (nSPS) is 11.5. The van der Waals surface area contributed by atoms with Crippen LogP contribution in [0.15, 0.2) is 41.8 Å². The molecule has 0 unspecified atom stereocenters. The Labute approximate surface area is 104 Å². The first-order valence-electron chi connectivity index (χ1n) is 5.51. The number of aromatic nitrogens is 2. The van der Waals surface area contributed by atoms with Crippen LogP contribution < -0.4 is 10.5 Å². The Morgan fingerprint density at radius 1 is 1.50 bits per heavy atom. The molecule has 0 spiro atoms. The third-order valence-corrected chi connectivity index (χ3v) is 2.40. The maximum Gasteiger partial charge on any atom is 0.187 e. The Morgan fingerprint density at radius 3 is 3.06 bits per heavy atom. The number of pyridine rings is 1. The quantitative estimate of drug-likeness (QED) is 0.369. The van der Waals surface area contributed by atoms with Crippen molar-refractivity contribution in [1.29, 1.82) is 0 Å². The number of amidine groups is 1. The van der Waals surface area contributed by atoms with Crippen molar-refractivity contribution in [2.75, 3.05) is 6.61 Å². The van der Waals surface area contributed by atoms with Crippen LogP contribution in [0.5, 0.6) is 5.75 Å². The molecule has 0 atom stereocenters. The van der Waals surface area contributed by atoms with Crippen molar-refractivity contribution in [1.82, 2.24) is 9.55 Å². The van der Waals surface area contributed by atoms with Crippen molar-refractivity contribution in [2.24, 2.45) is 10.9 Å². The van der Waals surface area contributed by atoms with Crippen molar-refractivity contribution < 1.29 is 9.94 Å². The SMILES string of the molecule is CCOc1cccnc1-n1cccc1/C(N)=N/O. The number of rotatable bonds is 4. The fourth-order valence-corrected chi connectivity index (χ4v) is 1.66. The summed E-state index contributed by atoms with van der Waals surface area (Å²) in [6.45, 7) is 2.44. The molecule has 3 N–H and O–H groups in total. The van der Waals surface area contributed by atoms with E-state index in [1.165, 1.54) is 0 Å². The number of oxime groups is 1. The molecule has 2 aromatic rings. The van der Waals surface area contributed by atoms with E-state index in [1.54, 1.807) is 35.2 Å². The zero-order chi connectivity index (χ0) is 13.0. The molecule has 0 radical (unpaired) electrons. The van der Waals surface area contributed by atoms with Crippen LogP contribution in [0.2, 0.25) is 0 Å². The van der Waals surface area contributed by atoms with E-state index in [2.05, 4.69) is 10.1 Å². The molecule has 0 saturated heterocycles. The number of nitrogens with two attached hydrogens (primary N) is 1. The second-order valence-corrected chi connectivity index (χ2v) is 3.51. The lowest BCUT2D eigenvalue weighted by Crippen LogP contribution is -2.18. The second-order valence-electron chi connectivity index (χ2n) is 3.51. The van der Waals surface area contributed by atoms with Gasteiger partial charge in [-0.05, 0) is 31.2 Å². The second kappa shape index (κ2) is 5.22. The zero-order valence-electron chi connectivity index (χ0n) is 9.95. The molecular weight excluding hydrogens is 232 g/mol. The summed E-state index contributed by atoms with van der Waals surface area (Å²) in [5.41, 5.74) is 6.16. The van der Waals surface area contributed by atoms with E-state index in [0.717, 1.165) is 0 Å². The minimum Gasteiger partial charge on any atom is -0.490 e. The van der Waals surface area contributed by atoms with Crippen molar-refractivity contribution >= 4 is 5.84 Å². The van der Waals surface area contributed by atoms with Gasteiger partial charge in [-0.3, -0.25) is 4.57 Å². The standard InChI is InChI=1S/C12H14N4O2/c1-2-18-10-6-3-7-14-12(10)16-8-4-5-9(16)11(13)15-17/h3-8,17H,2H2,1H3,(H2,13,15).